The molecule has 1 aromatic heterocycles. The highest BCUT2D eigenvalue weighted by atomic mass is 35.5. The fourth-order valence-corrected chi connectivity index (χ4v) is 3.18. The fourth-order valence-electron chi connectivity index (χ4n) is 2.87. The summed E-state index contributed by atoms with van der Waals surface area (Å²) in [5, 5.41) is 14.6. The predicted molar refractivity (Wildman–Crippen MR) is 101 cm³/mol. The van der Waals surface area contributed by atoms with E-state index in [0.717, 1.165) is 29.7 Å². The highest BCUT2D eigenvalue weighted by Crippen LogP contribution is 2.42. The zero-order valence-corrected chi connectivity index (χ0v) is 14.9. The first-order chi connectivity index (χ1) is 12.7. The van der Waals surface area contributed by atoms with Crippen LogP contribution in [-0.2, 0) is 4.79 Å². The van der Waals surface area contributed by atoms with Gasteiger partial charge in [0.25, 0.3) is 0 Å². The van der Waals surface area contributed by atoms with E-state index in [2.05, 4.69) is 20.8 Å². The zero-order valence-electron chi connectivity index (χ0n) is 14.1. The molecule has 0 unspecified atom stereocenters. The minimum atomic E-state index is 0.397. The van der Waals surface area contributed by atoms with Gasteiger partial charge in [-0.05, 0) is 36.6 Å². The van der Waals surface area contributed by atoms with E-state index in [0.29, 0.717) is 40.4 Å². The van der Waals surface area contributed by atoms with Gasteiger partial charge in [-0.3, -0.25) is 4.79 Å². The van der Waals surface area contributed by atoms with Crippen LogP contribution in [0.1, 0.15) is 24.7 Å². The summed E-state index contributed by atoms with van der Waals surface area (Å²) in [7, 11) is 1.80. The van der Waals surface area contributed by atoms with Crippen molar-refractivity contribution in [2.45, 2.75) is 18.8 Å². The van der Waals surface area contributed by atoms with Crippen molar-refractivity contribution >= 4 is 29.4 Å². The van der Waals surface area contributed by atoms with Crippen LogP contribution in [0.4, 0.5) is 11.4 Å². The number of hydrogen-bond acceptors (Lipinski definition) is 5. The predicted octanol–water partition coefficient (Wildman–Crippen LogP) is 4.54. The lowest BCUT2D eigenvalue weighted by molar-refractivity contribution is -0.105. The molecule has 1 saturated carbocycles. The van der Waals surface area contributed by atoms with Gasteiger partial charge < -0.3 is 15.1 Å². The van der Waals surface area contributed by atoms with Gasteiger partial charge >= 0.3 is 0 Å². The quantitative estimate of drug-likeness (QED) is 0.624. The number of carbonyl (C=O) groups is 1. The molecule has 0 atom stereocenters. The standard InChI is InChI=1S/C19H17ClN4O2/c1-21-16-9-12(7-8-15(16)22-10-25)13-3-2-4-14(17(13)20)19-24-23-18(26-19)11-5-6-11/h2-4,7-11,21H,5-6H2,1H3,(H,22,25). The number of nitrogens with zero attached hydrogens (tertiary/aromatic N) is 2. The molecule has 0 saturated heterocycles. The largest absolute Gasteiger partial charge is 0.420 e. The fraction of sp³-hybridized carbons (Fsp3) is 0.211. The van der Waals surface area contributed by atoms with Crippen molar-refractivity contribution in [3.8, 4) is 22.6 Å². The number of halogens is 1. The van der Waals surface area contributed by atoms with Crippen LogP contribution in [0.15, 0.2) is 40.8 Å². The Kier molecular flexibility index (Phi) is 4.34. The molecule has 132 valence electrons. The molecule has 0 bridgehead atoms. The van der Waals surface area contributed by atoms with E-state index in [1.807, 2.05) is 36.4 Å². The number of benzene rings is 2. The summed E-state index contributed by atoms with van der Waals surface area (Å²) in [5.41, 5.74) is 3.98. The van der Waals surface area contributed by atoms with Gasteiger partial charge in [0.1, 0.15) is 0 Å². The lowest BCUT2D eigenvalue weighted by Crippen LogP contribution is -1.99. The highest BCUT2D eigenvalue weighted by Gasteiger charge is 2.30. The lowest BCUT2D eigenvalue weighted by Gasteiger charge is -2.12. The second kappa shape index (κ2) is 6.80. The Morgan fingerprint density at radius 2 is 1.96 bits per heavy atom. The van der Waals surface area contributed by atoms with E-state index in [1.54, 1.807) is 7.05 Å². The molecule has 0 radical (unpaired) electrons. The Bertz CT molecular complexity index is 966. The van der Waals surface area contributed by atoms with Gasteiger partial charge in [-0.15, -0.1) is 10.2 Å². The van der Waals surface area contributed by atoms with Crippen LogP contribution in [0.2, 0.25) is 5.02 Å². The smallest absolute Gasteiger partial charge is 0.249 e. The van der Waals surface area contributed by atoms with Crippen molar-refractivity contribution in [1.82, 2.24) is 10.2 Å². The van der Waals surface area contributed by atoms with Gasteiger partial charge in [0.2, 0.25) is 18.2 Å². The van der Waals surface area contributed by atoms with Gasteiger partial charge in [-0.2, -0.15) is 0 Å². The Morgan fingerprint density at radius 1 is 1.15 bits per heavy atom. The number of amides is 1. The molecule has 1 amide bonds. The first-order valence-corrected chi connectivity index (χ1v) is 8.73. The molecule has 0 spiro atoms. The van der Waals surface area contributed by atoms with Gasteiger partial charge in [-0.25, -0.2) is 0 Å². The SMILES string of the molecule is CNc1cc(-c2cccc(-c3nnc(C4CC4)o3)c2Cl)ccc1NC=O. The molecule has 3 aromatic rings. The average molecular weight is 369 g/mol. The van der Waals surface area contributed by atoms with Crippen LogP contribution in [0, 0.1) is 0 Å². The number of aromatic nitrogens is 2. The summed E-state index contributed by atoms with van der Waals surface area (Å²) >= 11 is 6.66. The van der Waals surface area contributed by atoms with E-state index >= 15 is 0 Å². The first kappa shape index (κ1) is 16.6. The van der Waals surface area contributed by atoms with E-state index in [1.165, 1.54) is 0 Å². The highest BCUT2D eigenvalue weighted by molar-refractivity contribution is 6.36. The van der Waals surface area contributed by atoms with Crippen LogP contribution < -0.4 is 10.6 Å². The third-order valence-corrected chi connectivity index (χ3v) is 4.82. The minimum Gasteiger partial charge on any atom is -0.420 e. The van der Waals surface area contributed by atoms with Crippen molar-refractivity contribution < 1.29 is 9.21 Å². The molecule has 26 heavy (non-hydrogen) atoms. The van der Waals surface area contributed by atoms with E-state index < -0.39 is 0 Å². The zero-order chi connectivity index (χ0) is 18.1. The van der Waals surface area contributed by atoms with Crippen molar-refractivity contribution in [2.75, 3.05) is 17.7 Å². The monoisotopic (exact) mass is 368 g/mol. The van der Waals surface area contributed by atoms with Gasteiger partial charge in [0, 0.05) is 18.5 Å². The molecule has 7 heteroatoms. The van der Waals surface area contributed by atoms with Gasteiger partial charge in [-0.1, -0.05) is 29.8 Å². The molecular formula is C19H17ClN4O2. The summed E-state index contributed by atoms with van der Waals surface area (Å²) < 4.78 is 5.79. The molecule has 2 aromatic carbocycles. The maximum atomic E-state index is 10.7. The number of nitrogens with one attached hydrogen (secondary N) is 2. The maximum Gasteiger partial charge on any atom is 0.249 e. The average Bonchev–Trinajstić information content (AvgIpc) is 3.40. The molecule has 1 heterocycles. The van der Waals surface area contributed by atoms with E-state index in [4.69, 9.17) is 16.0 Å². The van der Waals surface area contributed by atoms with E-state index in [-0.39, 0.29) is 0 Å². The van der Waals surface area contributed by atoms with Crippen LogP contribution in [0.25, 0.3) is 22.6 Å². The summed E-state index contributed by atoms with van der Waals surface area (Å²) in [6.07, 6.45) is 2.85. The third-order valence-electron chi connectivity index (χ3n) is 4.41. The van der Waals surface area contributed by atoms with Gasteiger partial charge in [0.05, 0.1) is 22.0 Å². The van der Waals surface area contributed by atoms with Crippen LogP contribution in [0.3, 0.4) is 0 Å². The molecular weight excluding hydrogens is 352 g/mol. The molecule has 1 aliphatic rings. The number of hydrogen-bond donors (Lipinski definition) is 2. The maximum absolute atomic E-state index is 10.7. The normalized spacial score (nSPS) is 13.5. The summed E-state index contributed by atoms with van der Waals surface area (Å²) in [4.78, 5) is 10.7. The molecule has 2 N–H and O–H groups in total. The molecule has 1 aliphatic carbocycles. The lowest BCUT2D eigenvalue weighted by atomic mass is 10.0. The number of anilines is 2. The third kappa shape index (κ3) is 3.04. The van der Waals surface area contributed by atoms with E-state index in [9.17, 15) is 4.79 Å². The van der Waals surface area contributed by atoms with Crippen molar-refractivity contribution in [3.05, 3.63) is 47.3 Å². The molecule has 0 aliphatic heterocycles. The minimum absolute atomic E-state index is 0.397. The van der Waals surface area contributed by atoms with Crippen LogP contribution in [-0.4, -0.2) is 23.7 Å². The summed E-state index contributed by atoms with van der Waals surface area (Å²) in [6.45, 7) is 0. The van der Waals surface area contributed by atoms with Crippen LogP contribution >= 0.6 is 11.6 Å². The second-order valence-electron chi connectivity index (χ2n) is 6.16. The molecule has 4 rings (SSSR count). The van der Waals surface area contributed by atoms with Crippen LogP contribution in [0.5, 0.6) is 0 Å². The summed E-state index contributed by atoms with van der Waals surface area (Å²) in [6, 6.07) is 11.4. The molecule has 1 fully saturated rings. The number of carbonyl (C=O) groups excluding carboxylic acids is 1. The Balaban J connectivity index is 1.74. The molecule has 6 nitrogen and oxygen atoms in total. The topological polar surface area (TPSA) is 80.1 Å². The Hall–Kier alpha value is -2.86. The van der Waals surface area contributed by atoms with Crippen molar-refractivity contribution in [1.29, 1.82) is 0 Å². The number of rotatable bonds is 6. The Labute approximate surface area is 155 Å². The summed E-state index contributed by atoms with van der Waals surface area (Å²) in [5.74, 6) is 1.52. The van der Waals surface area contributed by atoms with Crippen molar-refractivity contribution in [3.63, 3.8) is 0 Å². The first-order valence-electron chi connectivity index (χ1n) is 8.36. The Morgan fingerprint density at radius 3 is 2.69 bits per heavy atom. The second-order valence-corrected chi connectivity index (χ2v) is 6.54. The van der Waals surface area contributed by atoms with Gasteiger partial charge in [0.15, 0.2) is 0 Å². The van der Waals surface area contributed by atoms with Crippen molar-refractivity contribution in [2.24, 2.45) is 0 Å².